The van der Waals surface area contributed by atoms with Crippen molar-refractivity contribution in [2.45, 2.75) is 32.4 Å². The van der Waals surface area contributed by atoms with E-state index >= 15 is 0 Å². The molecular weight excluding hydrogens is 435 g/mol. The molecule has 0 heterocycles. The first kappa shape index (κ1) is 20.1. The fourth-order valence-electron chi connectivity index (χ4n) is 1.08. The van der Waals surface area contributed by atoms with E-state index < -0.39 is 25.4 Å². The predicted octanol–water partition coefficient (Wildman–Crippen LogP) is -0.468. The van der Waals surface area contributed by atoms with Crippen LogP contribution >= 0.6 is 0 Å². The number of carboxylic acids is 2. The Kier molecular flexibility index (Phi) is 8.97. The van der Waals surface area contributed by atoms with E-state index in [0.717, 1.165) is 0 Å². The van der Waals surface area contributed by atoms with Gasteiger partial charge >= 0.3 is 21.1 Å². The smallest absolute Gasteiger partial charge is 0.680 e. The number of hydrogen-bond donors (Lipinski definition) is 0. The summed E-state index contributed by atoms with van der Waals surface area (Å²) in [6, 6.07) is 0. The van der Waals surface area contributed by atoms with Crippen LogP contribution < -0.4 is 10.2 Å². The minimum Gasteiger partial charge on any atom is -0.680 e. The van der Waals surface area contributed by atoms with E-state index in [1.165, 1.54) is 0 Å². The van der Waals surface area contributed by atoms with Gasteiger partial charge in [-0.1, -0.05) is 19.5 Å². The van der Waals surface area contributed by atoms with Crippen molar-refractivity contribution in [2.24, 2.45) is 5.41 Å². The molecule has 0 bridgehead atoms. The molecule has 8 heteroatoms. The van der Waals surface area contributed by atoms with Gasteiger partial charge in [0.15, 0.2) is 0 Å². The molecule has 0 radical (unpaired) electrons. The van der Waals surface area contributed by atoms with Crippen LogP contribution in [0.25, 0.3) is 11.5 Å². The van der Waals surface area contributed by atoms with Crippen LogP contribution in [-0.2, 0) is 30.7 Å². The van der Waals surface area contributed by atoms with Crippen LogP contribution in [-0.4, -0.2) is 32.3 Å². The van der Waals surface area contributed by atoms with E-state index in [-0.39, 0.29) is 33.9 Å². The largest absolute Gasteiger partial charge is 4.00 e. The predicted molar refractivity (Wildman–Crippen MR) is 62.2 cm³/mol. The Hall–Kier alpha value is -0.235. The number of rotatable bonds is 4. The minimum absolute atomic E-state index is 0. The molecule has 1 fully saturated rings. The van der Waals surface area contributed by atoms with E-state index in [9.17, 15) is 19.8 Å². The van der Waals surface area contributed by atoms with Crippen molar-refractivity contribution in [2.75, 3.05) is 12.3 Å². The monoisotopic (exact) mass is 453 g/mol. The molecular formula is C10H18N2O4PtSi. The van der Waals surface area contributed by atoms with Crippen LogP contribution in [0.1, 0.15) is 19.3 Å². The van der Waals surface area contributed by atoms with Gasteiger partial charge in [-0.25, -0.2) is 0 Å². The van der Waals surface area contributed by atoms with Crippen LogP contribution in [0.4, 0.5) is 0 Å². The molecule has 106 valence electrons. The molecule has 2 N–H and O–H groups in total. The van der Waals surface area contributed by atoms with Crippen molar-refractivity contribution in [3.8, 4) is 0 Å². The van der Waals surface area contributed by atoms with Gasteiger partial charge in [0.05, 0.1) is 11.9 Å². The fraction of sp³-hybridized carbons (Fsp3) is 0.800. The van der Waals surface area contributed by atoms with Crippen LogP contribution in [0.15, 0.2) is 0 Å². The van der Waals surface area contributed by atoms with E-state index in [2.05, 4.69) is 13.1 Å². The molecule has 0 atom stereocenters. The molecule has 0 spiro atoms. The maximum absolute atomic E-state index is 10.2. The van der Waals surface area contributed by atoms with E-state index in [1.807, 2.05) is 0 Å². The van der Waals surface area contributed by atoms with Gasteiger partial charge in [-0.05, 0) is 12.8 Å². The summed E-state index contributed by atoms with van der Waals surface area (Å²) in [6.45, 7) is 4.12. The number of carboxylic acid groups (broad SMARTS) is 2. The van der Waals surface area contributed by atoms with Crippen molar-refractivity contribution in [3.63, 3.8) is 0 Å². The SMILES string of the molecule is C[Si](C)(C[NH-])C[NH-].O=C([O-])C1(C(=O)[O-])CCC1.[Pt+4]. The zero-order valence-electron chi connectivity index (χ0n) is 10.5. The second-order valence-corrected chi connectivity index (χ2v) is 10.1. The second kappa shape index (κ2) is 8.04. The maximum Gasteiger partial charge on any atom is 4.00 e. The molecule has 0 amide bonds. The number of nitrogens with one attached hydrogen (secondary N) is 2. The molecule has 0 unspecified atom stereocenters. The van der Waals surface area contributed by atoms with Gasteiger partial charge in [-0.2, -0.15) is 12.3 Å². The Labute approximate surface area is 122 Å². The average Bonchev–Trinajstić information content (AvgIpc) is 2.15. The Bertz CT molecular complexity index is 274. The first-order valence-corrected chi connectivity index (χ1v) is 8.85. The summed E-state index contributed by atoms with van der Waals surface area (Å²) in [5.41, 5.74) is 12.2. The Morgan fingerprint density at radius 1 is 1.11 bits per heavy atom. The Balaban J connectivity index is 0. The molecule has 1 rings (SSSR count). The molecule has 0 aromatic carbocycles. The van der Waals surface area contributed by atoms with Crippen molar-refractivity contribution in [1.82, 2.24) is 0 Å². The van der Waals surface area contributed by atoms with Crippen LogP contribution in [0.3, 0.4) is 0 Å². The molecule has 6 nitrogen and oxygen atoms in total. The number of carbonyl (C=O) groups is 2. The first-order chi connectivity index (χ1) is 7.72. The second-order valence-electron chi connectivity index (χ2n) is 5.03. The summed E-state index contributed by atoms with van der Waals surface area (Å²) in [4.78, 5) is 20.4. The zero-order valence-corrected chi connectivity index (χ0v) is 13.8. The Morgan fingerprint density at radius 3 is 1.44 bits per heavy atom. The number of hydrogen-bond acceptors (Lipinski definition) is 4. The van der Waals surface area contributed by atoms with Crippen molar-refractivity contribution in [1.29, 1.82) is 0 Å². The fourth-order valence-corrected chi connectivity index (χ4v) is 1.21. The van der Waals surface area contributed by atoms with E-state index in [4.69, 9.17) is 11.5 Å². The topological polar surface area (TPSA) is 128 Å². The summed E-state index contributed by atoms with van der Waals surface area (Å²) in [7, 11) is -1.32. The minimum atomic E-state index is -1.67. The van der Waals surface area contributed by atoms with E-state index in [0.29, 0.717) is 18.8 Å². The Morgan fingerprint density at radius 2 is 1.44 bits per heavy atom. The van der Waals surface area contributed by atoms with Gasteiger partial charge in [-0.15, -0.1) is 0 Å². The molecule has 0 aromatic heterocycles. The van der Waals surface area contributed by atoms with Gasteiger partial charge in [0.25, 0.3) is 0 Å². The molecule has 1 saturated carbocycles. The maximum atomic E-state index is 10.2. The summed E-state index contributed by atoms with van der Waals surface area (Å²) in [5, 5.41) is 20.4. The van der Waals surface area contributed by atoms with Gasteiger partial charge in [0.2, 0.25) is 0 Å². The zero-order chi connectivity index (χ0) is 13.7. The molecule has 0 aliphatic heterocycles. The van der Waals surface area contributed by atoms with Gasteiger partial charge in [0, 0.05) is 13.5 Å². The molecule has 0 aromatic rings. The molecule has 0 saturated heterocycles. The quantitative estimate of drug-likeness (QED) is 0.421. The van der Waals surface area contributed by atoms with Crippen LogP contribution in [0, 0.1) is 5.41 Å². The standard InChI is InChI=1S/C6H8O4.C4H12N2Si.Pt/c7-4(8)6(5(9)10)2-1-3-6;1-7(2,3-5)4-6;/h1-3H2,(H,7,8)(H,9,10);5-6H,3-4H2,1-2H3;/q;-2;+4/p-2. The van der Waals surface area contributed by atoms with Crippen molar-refractivity contribution < 1.29 is 40.9 Å². The first-order valence-electron chi connectivity index (χ1n) is 5.44. The third kappa shape index (κ3) is 5.18. The average molecular weight is 453 g/mol. The van der Waals surface area contributed by atoms with Gasteiger partial charge in [-0.3, -0.25) is 0 Å². The van der Waals surface area contributed by atoms with Crippen LogP contribution in [0.5, 0.6) is 0 Å². The summed E-state index contributed by atoms with van der Waals surface area (Å²) < 4.78 is 0. The summed E-state index contributed by atoms with van der Waals surface area (Å²) in [6.07, 6.45) is 1.92. The van der Waals surface area contributed by atoms with E-state index in [1.54, 1.807) is 0 Å². The molecule has 1 aliphatic carbocycles. The number of aliphatic carboxylic acids is 2. The third-order valence-electron chi connectivity index (χ3n) is 2.95. The molecule has 18 heavy (non-hydrogen) atoms. The molecule has 1 aliphatic rings. The number of carbonyl (C=O) groups excluding carboxylic acids is 2. The van der Waals surface area contributed by atoms with Crippen molar-refractivity contribution in [3.05, 3.63) is 11.5 Å². The summed E-state index contributed by atoms with van der Waals surface area (Å²) in [5.74, 6) is -3.03. The normalized spacial score (nSPS) is 16.4. The van der Waals surface area contributed by atoms with Gasteiger partial charge in [0.1, 0.15) is 0 Å². The van der Waals surface area contributed by atoms with Crippen molar-refractivity contribution >= 4 is 20.0 Å². The third-order valence-corrected chi connectivity index (χ3v) is 4.86. The summed E-state index contributed by atoms with van der Waals surface area (Å²) >= 11 is 0. The van der Waals surface area contributed by atoms with Crippen LogP contribution in [0.2, 0.25) is 13.1 Å². The van der Waals surface area contributed by atoms with Gasteiger partial charge < -0.3 is 31.3 Å².